The van der Waals surface area contributed by atoms with E-state index in [1.54, 1.807) is 0 Å². The molecule has 1 aromatic rings. The van der Waals surface area contributed by atoms with Gasteiger partial charge in [0.25, 0.3) is 0 Å². The van der Waals surface area contributed by atoms with E-state index in [9.17, 15) is 4.79 Å². The fraction of sp³-hybridized carbons (Fsp3) is 0.588. The van der Waals surface area contributed by atoms with Crippen LogP contribution in [0.3, 0.4) is 0 Å². The number of benzene rings is 1. The molecule has 0 radical (unpaired) electrons. The van der Waals surface area contributed by atoms with Crippen LogP contribution in [-0.2, 0) is 0 Å². The van der Waals surface area contributed by atoms with Gasteiger partial charge in [0.05, 0.1) is 6.54 Å². The highest BCUT2D eigenvalue weighted by molar-refractivity contribution is 5.99. The van der Waals surface area contributed by atoms with Crippen LogP contribution in [0.4, 0.5) is 0 Å². The van der Waals surface area contributed by atoms with E-state index >= 15 is 0 Å². The van der Waals surface area contributed by atoms with Gasteiger partial charge in [0.15, 0.2) is 5.78 Å². The second-order valence-corrected chi connectivity index (χ2v) is 6.17. The molecule has 1 unspecified atom stereocenters. The van der Waals surface area contributed by atoms with Crippen LogP contribution in [-0.4, -0.2) is 29.8 Å². The minimum Gasteiger partial charge on any atom is -0.293 e. The van der Waals surface area contributed by atoms with Gasteiger partial charge in [-0.2, -0.15) is 0 Å². The van der Waals surface area contributed by atoms with E-state index in [4.69, 9.17) is 0 Å². The van der Waals surface area contributed by atoms with E-state index in [0.29, 0.717) is 18.5 Å². The molecular formula is C17H25NO. The third-order valence-electron chi connectivity index (χ3n) is 4.22. The van der Waals surface area contributed by atoms with Gasteiger partial charge in [-0.05, 0) is 50.8 Å². The molecule has 1 heterocycles. The van der Waals surface area contributed by atoms with Gasteiger partial charge >= 0.3 is 0 Å². The van der Waals surface area contributed by atoms with E-state index in [0.717, 1.165) is 23.2 Å². The summed E-state index contributed by atoms with van der Waals surface area (Å²) in [6.07, 6.45) is 2.46. The molecule has 19 heavy (non-hydrogen) atoms. The Hall–Kier alpha value is -1.15. The minimum atomic E-state index is 0.272. The quantitative estimate of drug-likeness (QED) is 0.770. The van der Waals surface area contributed by atoms with Crippen LogP contribution in [0, 0.1) is 19.8 Å². The SMILES string of the molecule is Cc1ccc(C)c(C(=O)CN2CCCC2C(C)C)c1. The topological polar surface area (TPSA) is 20.3 Å². The molecule has 0 N–H and O–H groups in total. The Kier molecular flexibility index (Phi) is 4.41. The number of hydrogen-bond acceptors (Lipinski definition) is 2. The summed E-state index contributed by atoms with van der Waals surface area (Å²) in [5.41, 5.74) is 3.15. The van der Waals surface area contributed by atoms with Crippen molar-refractivity contribution in [3.05, 3.63) is 34.9 Å². The molecule has 1 atom stereocenters. The summed E-state index contributed by atoms with van der Waals surface area (Å²) in [6, 6.07) is 6.72. The number of aryl methyl sites for hydroxylation is 2. The first-order chi connectivity index (χ1) is 8.99. The average molecular weight is 259 g/mol. The molecule has 0 spiro atoms. The van der Waals surface area contributed by atoms with Crippen LogP contribution in [0.2, 0.25) is 0 Å². The van der Waals surface area contributed by atoms with Crippen molar-refractivity contribution in [2.75, 3.05) is 13.1 Å². The summed E-state index contributed by atoms with van der Waals surface area (Å²) in [4.78, 5) is 14.9. The standard InChI is InChI=1S/C17H25NO/c1-12(2)16-6-5-9-18(16)11-17(19)15-10-13(3)7-8-14(15)4/h7-8,10,12,16H,5-6,9,11H2,1-4H3. The first-order valence-electron chi connectivity index (χ1n) is 7.33. The Morgan fingerprint density at radius 3 is 2.79 bits per heavy atom. The lowest BCUT2D eigenvalue weighted by Crippen LogP contribution is -2.37. The van der Waals surface area contributed by atoms with Gasteiger partial charge in [0, 0.05) is 11.6 Å². The van der Waals surface area contributed by atoms with E-state index in [1.807, 2.05) is 26.0 Å². The molecule has 0 aromatic heterocycles. The number of carbonyl (C=O) groups excluding carboxylic acids is 1. The summed E-state index contributed by atoms with van der Waals surface area (Å²) in [6.45, 7) is 10.2. The van der Waals surface area contributed by atoms with Crippen LogP contribution in [0.25, 0.3) is 0 Å². The molecule has 0 bridgehead atoms. The highest BCUT2D eigenvalue weighted by Gasteiger charge is 2.28. The number of carbonyl (C=O) groups is 1. The lowest BCUT2D eigenvalue weighted by atomic mass is 9.99. The highest BCUT2D eigenvalue weighted by atomic mass is 16.1. The van der Waals surface area contributed by atoms with Crippen molar-refractivity contribution in [2.24, 2.45) is 5.92 Å². The number of ketones is 1. The van der Waals surface area contributed by atoms with Crippen LogP contribution in [0.1, 0.15) is 48.2 Å². The largest absolute Gasteiger partial charge is 0.293 e. The van der Waals surface area contributed by atoms with Crippen molar-refractivity contribution in [2.45, 2.75) is 46.6 Å². The highest BCUT2D eigenvalue weighted by Crippen LogP contribution is 2.24. The zero-order valence-electron chi connectivity index (χ0n) is 12.6. The molecule has 0 amide bonds. The maximum absolute atomic E-state index is 12.5. The lowest BCUT2D eigenvalue weighted by molar-refractivity contribution is 0.0903. The average Bonchev–Trinajstić information content (AvgIpc) is 2.80. The number of hydrogen-bond donors (Lipinski definition) is 0. The van der Waals surface area contributed by atoms with Gasteiger partial charge in [0.1, 0.15) is 0 Å². The van der Waals surface area contributed by atoms with Crippen LogP contribution in [0.15, 0.2) is 18.2 Å². The Balaban J connectivity index is 2.10. The predicted molar refractivity (Wildman–Crippen MR) is 79.7 cm³/mol. The molecule has 1 aliphatic heterocycles. The Bertz CT molecular complexity index is 464. The first kappa shape index (κ1) is 14.3. The molecule has 1 saturated heterocycles. The molecular weight excluding hydrogens is 234 g/mol. The Morgan fingerprint density at radius 1 is 1.37 bits per heavy atom. The van der Waals surface area contributed by atoms with Crippen molar-refractivity contribution >= 4 is 5.78 Å². The van der Waals surface area contributed by atoms with E-state index in [-0.39, 0.29) is 5.78 Å². The van der Waals surface area contributed by atoms with E-state index < -0.39 is 0 Å². The molecule has 0 saturated carbocycles. The molecule has 2 heteroatoms. The monoisotopic (exact) mass is 259 g/mol. The maximum atomic E-state index is 12.5. The van der Waals surface area contributed by atoms with Crippen molar-refractivity contribution in [3.63, 3.8) is 0 Å². The normalized spacial score (nSPS) is 20.2. The molecule has 2 rings (SSSR count). The predicted octanol–water partition coefficient (Wildman–Crippen LogP) is 3.61. The molecule has 1 fully saturated rings. The van der Waals surface area contributed by atoms with Gasteiger partial charge in [-0.15, -0.1) is 0 Å². The fourth-order valence-corrected chi connectivity index (χ4v) is 3.11. The number of nitrogens with zero attached hydrogens (tertiary/aromatic N) is 1. The van der Waals surface area contributed by atoms with Crippen molar-refractivity contribution in [1.82, 2.24) is 4.90 Å². The number of rotatable bonds is 4. The molecule has 0 aliphatic carbocycles. The summed E-state index contributed by atoms with van der Waals surface area (Å²) in [5.74, 6) is 0.905. The molecule has 104 valence electrons. The van der Waals surface area contributed by atoms with Crippen LogP contribution in [0.5, 0.6) is 0 Å². The zero-order valence-corrected chi connectivity index (χ0v) is 12.6. The Morgan fingerprint density at radius 2 is 2.11 bits per heavy atom. The van der Waals surface area contributed by atoms with Gasteiger partial charge in [-0.1, -0.05) is 31.5 Å². The van der Waals surface area contributed by atoms with Crippen molar-refractivity contribution in [1.29, 1.82) is 0 Å². The van der Waals surface area contributed by atoms with Crippen molar-refractivity contribution in [3.8, 4) is 0 Å². The van der Waals surface area contributed by atoms with Gasteiger partial charge in [-0.25, -0.2) is 0 Å². The lowest BCUT2D eigenvalue weighted by Gasteiger charge is -2.27. The smallest absolute Gasteiger partial charge is 0.177 e. The fourth-order valence-electron chi connectivity index (χ4n) is 3.11. The molecule has 1 aromatic carbocycles. The third-order valence-corrected chi connectivity index (χ3v) is 4.22. The third kappa shape index (κ3) is 3.24. The zero-order chi connectivity index (χ0) is 14.0. The van der Waals surface area contributed by atoms with Gasteiger partial charge in [0.2, 0.25) is 0 Å². The second-order valence-electron chi connectivity index (χ2n) is 6.17. The number of likely N-dealkylation sites (tertiary alicyclic amines) is 1. The molecule has 2 nitrogen and oxygen atoms in total. The minimum absolute atomic E-state index is 0.272. The summed E-state index contributed by atoms with van der Waals surface area (Å²) in [5, 5.41) is 0. The van der Waals surface area contributed by atoms with Crippen LogP contribution >= 0.6 is 0 Å². The molecule has 1 aliphatic rings. The second kappa shape index (κ2) is 5.87. The maximum Gasteiger partial charge on any atom is 0.177 e. The number of Topliss-reactive ketones (excluding diaryl/α,β-unsaturated/α-hetero) is 1. The van der Waals surface area contributed by atoms with Gasteiger partial charge in [-0.3, -0.25) is 9.69 Å². The van der Waals surface area contributed by atoms with Gasteiger partial charge < -0.3 is 0 Å². The summed E-state index contributed by atoms with van der Waals surface area (Å²) >= 11 is 0. The summed E-state index contributed by atoms with van der Waals surface area (Å²) < 4.78 is 0. The van der Waals surface area contributed by atoms with Crippen LogP contribution < -0.4 is 0 Å². The van der Waals surface area contributed by atoms with E-state index in [2.05, 4.69) is 24.8 Å². The van der Waals surface area contributed by atoms with Crippen molar-refractivity contribution < 1.29 is 4.79 Å². The first-order valence-corrected chi connectivity index (χ1v) is 7.33. The van der Waals surface area contributed by atoms with E-state index in [1.165, 1.54) is 12.8 Å². The summed E-state index contributed by atoms with van der Waals surface area (Å²) in [7, 11) is 0. The Labute approximate surface area is 116 Å².